The standard InChI is InChI=1S/C34H30N4O3/c1-4-37-28-19-30-27(31(34(40)36-3)32(41-30)23-15-13-21(2)14-16-23)18-26(28)24-11-8-12-25(17-24)33(39)38-29(20-35)22-9-6-5-7-10-22/h5-19,29,37H,4H2,1-3H3,(H,36,40)(H,38,39). The number of rotatable bonds is 8. The summed E-state index contributed by atoms with van der Waals surface area (Å²) >= 11 is 0. The van der Waals surface area contributed by atoms with E-state index in [-0.39, 0.29) is 11.8 Å². The highest BCUT2D eigenvalue weighted by Crippen LogP contribution is 2.40. The van der Waals surface area contributed by atoms with Crippen LogP contribution in [0.5, 0.6) is 0 Å². The number of hydrogen-bond acceptors (Lipinski definition) is 5. The van der Waals surface area contributed by atoms with Gasteiger partial charge in [0.05, 0.1) is 11.6 Å². The summed E-state index contributed by atoms with van der Waals surface area (Å²) in [5.74, 6) is -0.113. The average Bonchev–Trinajstić information content (AvgIpc) is 3.38. The van der Waals surface area contributed by atoms with Gasteiger partial charge in [0, 0.05) is 47.4 Å². The molecule has 2 amide bonds. The smallest absolute Gasteiger partial charge is 0.255 e. The number of benzene rings is 4. The lowest BCUT2D eigenvalue weighted by Gasteiger charge is -2.14. The maximum atomic E-state index is 13.2. The van der Waals surface area contributed by atoms with Gasteiger partial charge in [0.15, 0.2) is 0 Å². The summed E-state index contributed by atoms with van der Waals surface area (Å²) in [4.78, 5) is 26.3. The van der Waals surface area contributed by atoms with E-state index in [9.17, 15) is 14.9 Å². The molecule has 0 bridgehead atoms. The Balaban J connectivity index is 1.59. The first-order valence-corrected chi connectivity index (χ1v) is 13.4. The summed E-state index contributed by atoms with van der Waals surface area (Å²) in [6, 6.07) is 29.4. The van der Waals surface area contributed by atoms with Crippen molar-refractivity contribution in [1.82, 2.24) is 10.6 Å². The van der Waals surface area contributed by atoms with Gasteiger partial charge in [0.2, 0.25) is 0 Å². The van der Waals surface area contributed by atoms with Crippen molar-refractivity contribution >= 4 is 28.5 Å². The van der Waals surface area contributed by atoms with E-state index in [1.54, 1.807) is 25.2 Å². The van der Waals surface area contributed by atoms with Crippen LogP contribution in [0.2, 0.25) is 0 Å². The number of nitrogens with zero attached hydrogens (tertiary/aromatic N) is 1. The summed E-state index contributed by atoms with van der Waals surface area (Å²) in [5.41, 5.74) is 6.48. The second-order valence-corrected chi connectivity index (χ2v) is 9.70. The molecule has 7 nitrogen and oxygen atoms in total. The first-order chi connectivity index (χ1) is 19.9. The fourth-order valence-electron chi connectivity index (χ4n) is 4.86. The van der Waals surface area contributed by atoms with Crippen LogP contribution >= 0.6 is 0 Å². The lowest BCUT2D eigenvalue weighted by atomic mass is 9.97. The first kappa shape index (κ1) is 27.2. The van der Waals surface area contributed by atoms with Crippen LogP contribution in [0.25, 0.3) is 33.4 Å². The van der Waals surface area contributed by atoms with Crippen LogP contribution in [0.4, 0.5) is 5.69 Å². The molecule has 0 spiro atoms. The molecule has 0 aliphatic rings. The average molecular weight is 543 g/mol. The molecule has 0 fully saturated rings. The monoisotopic (exact) mass is 542 g/mol. The van der Waals surface area contributed by atoms with Gasteiger partial charge in [-0.25, -0.2) is 0 Å². The number of fused-ring (bicyclic) bond motifs is 1. The molecule has 1 unspecified atom stereocenters. The largest absolute Gasteiger partial charge is 0.455 e. The normalized spacial score (nSPS) is 11.5. The van der Waals surface area contributed by atoms with Crippen LogP contribution < -0.4 is 16.0 Å². The Morgan fingerprint density at radius 1 is 0.902 bits per heavy atom. The quantitative estimate of drug-likeness (QED) is 0.199. The number of furan rings is 1. The van der Waals surface area contributed by atoms with Crippen LogP contribution in [0, 0.1) is 18.3 Å². The molecular formula is C34H30N4O3. The highest BCUT2D eigenvalue weighted by molar-refractivity contribution is 6.13. The van der Waals surface area contributed by atoms with E-state index in [4.69, 9.17) is 4.42 Å². The van der Waals surface area contributed by atoms with Crippen molar-refractivity contribution in [2.24, 2.45) is 0 Å². The highest BCUT2D eigenvalue weighted by Gasteiger charge is 2.24. The molecule has 1 atom stereocenters. The number of amides is 2. The summed E-state index contributed by atoms with van der Waals surface area (Å²) in [7, 11) is 1.60. The summed E-state index contributed by atoms with van der Waals surface area (Å²) < 4.78 is 6.29. The second-order valence-electron chi connectivity index (χ2n) is 9.70. The van der Waals surface area contributed by atoms with Crippen molar-refractivity contribution in [1.29, 1.82) is 5.26 Å². The van der Waals surface area contributed by atoms with E-state index in [1.165, 1.54) is 0 Å². The van der Waals surface area contributed by atoms with Crippen molar-refractivity contribution in [3.8, 4) is 28.5 Å². The van der Waals surface area contributed by atoms with Gasteiger partial charge in [0.1, 0.15) is 17.4 Å². The van der Waals surface area contributed by atoms with Crippen LogP contribution in [-0.2, 0) is 0 Å². The molecule has 5 aromatic rings. The maximum absolute atomic E-state index is 13.2. The van der Waals surface area contributed by atoms with Gasteiger partial charge < -0.3 is 20.4 Å². The fourth-order valence-corrected chi connectivity index (χ4v) is 4.86. The van der Waals surface area contributed by atoms with Crippen LogP contribution in [-0.4, -0.2) is 25.4 Å². The number of aryl methyl sites for hydroxylation is 1. The number of hydrogen-bond donors (Lipinski definition) is 3. The van der Waals surface area contributed by atoms with Crippen molar-refractivity contribution in [2.45, 2.75) is 19.9 Å². The third kappa shape index (κ3) is 5.54. The van der Waals surface area contributed by atoms with Crippen molar-refractivity contribution < 1.29 is 14.0 Å². The molecule has 0 saturated heterocycles. The molecular weight excluding hydrogens is 512 g/mol. The van der Waals surface area contributed by atoms with E-state index >= 15 is 0 Å². The maximum Gasteiger partial charge on any atom is 0.255 e. The number of nitrogens with one attached hydrogen (secondary N) is 3. The molecule has 7 heteroatoms. The molecule has 1 aromatic heterocycles. The van der Waals surface area contributed by atoms with Gasteiger partial charge in [-0.3, -0.25) is 9.59 Å². The van der Waals surface area contributed by atoms with E-state index in [2.05, 4.69) is 22.0 Å². The fraction of sp³-hybridized carbons (Fsp3) is 0.147. The molecule has 0 radical (unpaired) electrons. The molecule has 204 valence electrons. The Labute approximate surface area is 238 Å². The third-order valence-corrected chi connectivity index (χ3v) is 6.94. The number of carbonyl (C=O) groups excluding carboxylic acids is 2. The minimum atomic E-state index is -0.776. The summed E-state index contributed by atoms with van der Waals surface area (Å²) in [6.45, 7) is 4.67. The molecule has 1 heterocycles. The Kier molecular flexibility index (Phi) is 7.84. The van der Waals surface area contributed by atoms with E-state index in [0.717, 1.165) is 27.9 Å². The molecule has 0 aliphatic heterocycles. The molecule has 0 aliphatic carbocycles. The Morgan fingerprint density at radius 3 is 2.34 bits per heavy atom. The molecule has 5 rings (SSSR count). The van der Waals surface area contributed by atoms with Gasteiger partial charge in [-0.15, -0.1) is 0 Å². The first-order valence-electron chi connectivity index (χ1n) is 13.4. The van der Waals surface area contributed by atoms with Crippen molar-refractivity contribution in [3.05, 3.63) is 113 Å². The minimum absolute atomic E-state index is 0.252. The molecule has 3 N–H and O–H groups in total. The lowest BCUT2D eigenvalue weighted by molar-refractivity contribution is 0.0942. The van der Waals surface area contributed by atoms with Crippen LogP contribution in [0.15, 0.2) is 95.4 Å². The van der Waals surface area contributed by atoms with Gasteiger partial charge in [-0.1, -0.05) is 72.3 Å². The van der Waals surface area contributed by atoms with Crippen LogP contribution in [0.3, 0.4) is 0 Å². The predicted octanol–water partition coefficient (Wildman–Crippen LogP) is 6.86. The van der Waals surface area contributed by atoms with E-state index < -0.39 is 6.04 Å². The van der Waals surface area contributed by atoms with Gasteiger partial charge in [0.25, 0.3) is 11.8 Å². The predicted molar refractivity (Wildman–Crippen MR) is 162 cm³/mol. The Bertz CT molecular complexity index is 1770. The van der Waals surface area contributed by atoms with Crippen molar-refractivity contribution in [2.75, 3.05) is 18.9 Å². The Morgan fingerprint density at radius 2 is 1.66 bits per heavy atom. The Hall–Kier alpha value is -5.35. The minimum Gasteiger partial charge on any atom is -0.455 e. The summed E-state index contributed by atoms with van der Waals surface area (Å²) in [6.07, 6.45) is 0. The molecule has 4 aromatic carbocycles. The van der Waals surface area contributed by atoms with Gasteiger partial charge in [-0.2, -0.15) is 5.26 Å². The second kappa shape index (κ2) is 11.8. The third-order valence-electron chi connectivity index (χ3n) is 6.94. The van der Waals surface area contributed by atoms with Crippen molar-refractivity contribution in [3.63, 3.8) is 0 Å². The zero-order chi connectivity index (χ0) is 28.9. The highest BCUT2D eigenvalue weighted by atomic mass is 16.3. The molecule has 41 heavy (non-hydrogen) atoms. The molecule has 0 saturated carbocycles. The van der Waals surface area contributed by atoms with E-state index in [1.807, 2.05) is 86.6 Å². The number of carbonyl (C=O) groups is 2. The van der Waals surface area contributed by atoms with Gasteiger partial charge in [-0.05, 0) is 43.2 Å². The lowest BCUT2D eigenvalue weighted by Crippen LogP contribution is -2.27. The SMILES string of the molecule is CCNc1cc2oc(-c3ccc(C)cc3)c(C(=O)NC)c2cc1-c1cccc(C(=O)NC(C#N)c2ccccc2)c1. The number of anilines is 1. The van der Waals surface area contributed by atoms with Gasteiger partial charge >= 0.3 is 0 Å². The zero-order valence-corrected chi connectivity index (χ0v) is 23.1. The van der Waals surface area contributed by atoms with E-state index in [0.29, 0.717) is 40.0 Å². The zero-order valence-electron chi connectivity index (χ0n) is 23.1. The van der Waals surface area contributed by atoms with Crippen LogP contribution in [0.1, 0.15) is 44.8 Å². The number of nitriles is 1. The summed E-state index contributed by atoms with van der Waals surface area (Å²) in [5, 5.41) is 19.3. The topological polar surface area (TPSA) is 107 Å².